The number of nitrogens with zero attached hydrogens (tertiary/aromatic N) is 3. The van der Waals surface area contributed by atoms with Gasteiger partial charge in [0.25, 0.3) is 5.56 Å². The number of anilines is 1. The Hall–Kier alpha value is -2.95. The minimum atomic E-state index is -0.223. The highest BCUT2D eigenvalue weighted by Crippen LogP contribution is 2.28. The van der Waals surface area contributed by atoms with Crippen LogP contribution in [0.4, 0.5) is 5.69 Å². The van der Waals surface area contributed by atoms with E-state index in [0.717, 1.165) is 16.8 Å². The molecular formula is C23H22N4O3S3. The highest BCUT2D eigenvalue weighted by molar-refractivity contribution is 7.99. The fraction of sp³-hybridized carbons (Fsp3) is 0.217. The molecule has 10 heteroatoms. The summed E-state index contributed by atoms with van der Waals surface area (Å²) in [5, 5.41) is 3.31. The number of fused-ring (bicyclic) bond motifs is 1. The summed E-state index contributed by atoms with van der Waals surface area (Å²) >= 11 is 8.00. The van der Waals surface area contributed by atoms with Crippen molar-refractivity contribution in [3.63, 3.8) is 0 Å². The molecule has 1 N–H and O–H groups in total. The van der Waals surface area contributed by atoms with E-state index in [1.165, 1.54) is 27.7 Å². The highest BCUT2D eigenvalue weighted by Gasteiger charge is 2.18. The zero-order chi connectivity index (χ0) is 23.7. The number of amides is 1. The van der Waals surface area contributed by atoms with Crippen LogP contribution in [0, 0.1) is 17.8 Å². The number of aromatic nitrogens is 3. The summed E-state index contributed by atoms with van der Waals surface area (Å²) in [4.78, 5) is 30.4. The van der Waals surface area contributed by atoms with Crippen molar-refractivity contribution in [1.29, 1.82) is 0 Å². The van der Waals surface area contributed by atoms with Crippen LogP contribution < -0.4 is 15.6 Å². The van der Waals surface area contributed by atoms with Crippen LogP contribution >= 0.6 is 35.3 Å². The van der Waals surface area contributed by atoms with Gasteiger partial charge in [-0.25, -0.2) is 4.98 Å². The molecule has 170 valence electrons. The average Bonchev–Trinajstić information content (AvgIpc) is 3.11. The van der Waals surface area contributed by atoms with Crippen LogP contribution in [0.1, 0.15) is 11.1 Å². The van der Waals surface area contributed by atoms with Gasteiger partial charge >= 0.3 is 0 Å². The third kappa shape index (κ3) is 4.59. The van der Waals surface area contributed by atoms with Crippen molar-refractivity contribution in [3.05, 3.63) is 67.9 Å². The number of rotatable bonds is 6. The van der Waals surface area contributed by atoms with Crippen LogP contribution in [-0.2, 0) is 11.8 Å². The number of thiazole rings is 1. The van der Waals surface area contributed by atoms with Crippen molar-refractivity contribution in [2.75, 3.05) is 18.2 Å². The summed E-state index contributed by atoms with van der Waals surface area (Å²) in [7, 11) is 3.21. The Labute approximate surface area is 204 Å². The summed E-state index contributed by atoms with van der Waals surface area (Å²) < 4.78 is 9.65. The highest BCUT2D eigenvalue weighted by atomic mass is 32.2. The number of carbonyl (C=O) groups is 1. The van der Waals surface area contributed by atoms with Gasteiger partial charge in [-0.15, -0.1) is 0 Å². The Morgan fingerprint density at radius 1 is 1.24 bits per heavy atom. The molecule has 0 saturated carbocycles. The fourth-order valence-corrected chi connectivity index (χ4v) is 5.50. The van der Waals surface area contributed by atoms with E-state index in [1.54, 1.807) is 14.2 Å². The van der Waals surface area contributed by atoms with E-state index in [2.05, 4.69) is 5.32 Å². The van der Waals surface area contributed by atoms with Crippen LogP contribution in [0.15, 0.2) is 52.4 Å². The van der Waals surface area contributed by atoms with Gasteiger partial charge in [-0.3, -0.25) is 18.7 Å². The van der Waals surface area contributed by atoms with Crippen LogP contribution in [0.3, 0.4) is 0 Å². The maximum atomic E-state index is 13.0. The van der Waals surface area contributed by atoms with Gasteiger partial charge in [0.2, 0.25) is 5.91 Å². The molecule has 0 fully saturated rings. The normalized spacial score (nSPS) is 11.0. The number of carbonyl (C=O) groups excluding carboxylic acids is 1. The molecule has 0 aliphatic rings. The van der Waals surface area contributed by atoms with E-state index in [4.69, 9.17) is 21.9 Å². The third-order valence-electron chi connectivity index (χ3n) is 5.09. The first-order valence-electron chi connectivity index (χ1n) is 10.1. The van der Waals surface area contributed by atoms with E-state index in [-0.39, 0.29) is 17.2 Å². The SMILES string of the molecule is COc1ccc(C)cc1NC(=O)CSc1nc2c(sc(=S)n2-c2ccccc2C)c(=O)n1C. The third-order valence-corrected chi connectivity index (χ3v) is 7.47. The Morgan fingerprint density at radius 2 is 2.00 bits per heavy atom. The molecule has 0 spiro atoms. The van der Waals surface area contributed by atoms with Gasteiger partial charge in [-0.1, -0.05) is 47.4 Å². The lowest BCUT2D eigenvalue weighted by Crippen LogP contribution is -2.21. The van der Waals surface area contributed by atoms with Crippen LogP contribution in [0.2, 0.25) is 0 Å². The molecule has 0 saturated heterocycles. The number of ether oxygens (including phenoxy) is 1. The average molecular weight is 499 g/mol. The quantitative estimate of drug-likeness (QED) is 0.232. The Kier molecular flexibility index (Phi) is 6.68. The summed E-state index contributed by atoms with van der Waals surface area (Å²) in [6.07, 6.45) is 0. The van der Waals surface area contributed by atoms with Crippen molar-refractivity contribution in [2.45, 2.75) is 19.0 Å². The predicted octanol–water partition coefficient (Wildman–Crippen LogP) is 4.87. The molecule has 0 radical (unpaired) electrons. The number of methoxy groups -OCH3 is 1. The molecule has 0 aliphatic heterocycles. The van der Waals surface area contributed by atoms with E-state index < -0.39 is 0 Å². The standard InChI is InChI=1S/C23H22N4O3S3/c1-13-9-10-17(30-4)15(11-13)24-18(28)12-32-22-25-20-19(21(29)26(22)3)33-23(31)27(20)16-8-6-5-7-14(16)2/h5-11H,12H2,1-4H3,(H,24,28). The molecule has 33 heavy (non-hydrogen) atoms. The van der Waals surface area contributed by atoms with Gasteiger partial charge in [-0.2, -0.15) is 0 Å². The molecule has 0 aliphatic carbocycles. The predicted molar refractivity (Wildman–Crippen MR) is 137 cm³/mol. The van der Waals surface area contributed by atoms with E-state index in [0.29, 0.717) is 30.9 Å². The summed E-state index contributed by atoms with van der Waals surface area (Å²) in [6, 6.07) is 13.4. The van der Waals surface area contributed by atoms with E-state index in [1.807, 2.05) is 60.9 Å². The summed E-state index contributed by atoms with van der Waals surface area (Å²) in [5.41, 5.74) is 3.83. The second kappa shape index (κ2) is 9.50. The van der Waals surface area contributed by atoms with Crippen LogP contribution in [-0.4, -0.2) is 32.9 Å². The zero-order valence-electron chi connectivity index (χ0n) is 18.5. The van der Waals surface area contributed by atoms with E-state index >= 15 is 0 Å². The van der Waals surface area contributed by atoms with E-state index in [9.17, 15) is 9.59 Å². The van der Waals surface area contributed by atoms with Crippen molar-refractivity contribution in [3.8, 4) is 11.4 Å². The minimum Gasteiger partial charge on any atom is -0.495 e. The lowest BCUT2D eigenvalue weighted by atomic mass is 10.2. The van der Waals surface area contributed by atoms with Gasteiger partial charge < -0.3 is 10.1 Å². The number of nitrogens with one attached hydrogen (secondary N) is 1. The number of thioether (sulfide) groups is 1. The van der Waals surface area contributed by atoms with Crippen LogP contribution in [0.5, 0.6) is 5.75 Å². The van der Waals surface area contributed by atoms with Gasteiger partial charge in [0.05, 0.1) is 24.2 Å². The number of aryl methyl sites for hydroxylation is 2. The molecular weight excluding hydrogens is 476 g/mol. The smallest absolute Gasteiger partial charge is 0.273 e. The molecule has 4 aromatic rings. The summed E-state index contributed by atoms with van der Waals surface area (Å²) in [6.45, 7) is 3.93. The second-order valence-corrected chi connectivity index (χ2v) is 10.0. The lowest BCUT2D eigenvalue weighted by molar-refractivity contribution is -0.113. The maximum absolute atomic E-state index is 13.0. The molecule has 0 bridgehead atoms. The number of benzene rings is 2. The number of hydrogen-bond acceptors (Lipinski definition) is 7. The Morgan fingerprint density at radius 3 is 2.73 bits per heavy atom. The molecule has 1 amide bonds. The van der Waals surface area contributed by atoms with Gasteiger partial charge in [-0.05, 0) is 55.4 Å². The maximum Gasteiger partial charge on any atom is 0.273 e. The second-order valence-electron chi connectivity index (χ2n) is 7.44. The topological polar surface area (TPSA) is 78.2 Å². The molecule has 4 rings (SSSR count). The molecule has 2 aromatic heterocycles. The summed E-state index contributed by atoms with van der Waals surface area (Å²) in [5.74, 6) is 0.443. The van der Waals surface area contributed by atoms with Crippen molar-refractivity contribution in [1.82, 2.24) is 14.1 Å². The van der Waals surface area contributed by atoms with Gasteiger partial charge in [0.1, 0.15) is 10.4 Å². The van der Waals surface area contributed by atoms with Crippen molar-refractivity contribution >= 4 is 57.3 Å². The molecule has 2 aromatic carbocycles. The number of hydrogen-bond donors (Lipinski definition) is 1. The monoisotopic (exact) mass is 498 g/mol. The van der Waals surface area contributed by atoms with Crippen molar-refractivity contribution < 1.29 is 9.53 Å². The first kappa shape index (κ1) is 23.2. The molecule has 0 atom stereocenters. The fourth-order valence-electron chi connectivity index (χ4n) is 3.40. The Bertz CT molecular complexity index is 1490. The molecule has 7 nitrogen and oxygen atoms in total. The zero-order valence-corrected chi connectivity index (χ0v) is 21.0. The molecule has 2 heterocycles. The first-order valence-corrected chi connectivity index (χ1v) is 12.3. The Balaban J connectivity index is 1.66. The largest absolute Gasteiger partial charge is 0.495 e. The number of para-hydroxylation sites is 1. The van der Waals surface area contributed by atoms with Gasteiger partial charge in [0, 0.05) is 7.05 Å². The lowest BCUT2D eigenvalue weighted by Gasteiger charge is -2.12. The minimum absolute atomic E-state index is 0.0815. The van der Waals surface area contributed by atoms with Crippen LogP contribution in [0.25, 0.3) is 16.0 Å². The van der Waals surface area contributed by atoms with Gasteiger partial charge in [0.15, 0.2) is 14.8 Å². The van der Waals surface area contributed by atoms with Crippen molar-refractivity contribution in [2.24, 2.45) is 7.05 Å². The first-order chi connectivity index (χ1) is 15.8. The molecule has 0 unspecified atom stereocenters.